The van der Waals surface area contributed by atoms with Crippen LogP contribution in [0.3, 0.4) is 0 Å². The molecule has 1 N–H and O–H groups in total. The molecule has 158 valence electrons. The molecule has 1 aliphatic rings. The summed E-state index contributed by atoms with van der Waals surface area (Å²) < 4.78 is 27.7. The number of thiazole rings is 1. The van der Waals surface area contributed by atoms with Crippen LogP contribution < -0.4 is 4.90 Å². The van der Waals surface area contributed by atoms with E-state index >= 15 is 0 Å². The van der Waals surface area contributed by atoms with Crippen molar-refractivity contribution < 1.29 is 23.5 Å². The number of anilines is 1. The Balaban J connectivity index is 1.73. The lowest BCUT2D eigenvalue weighted by molar-refractivity contribution is -0.132. The number of fused-ring (bicyclic) bond motifs is 1. The molecular formula is C23H13F2N3O3S. The summed E-state index contributed by atoms with van der Waals surface area (Å²) >= 11 is 1.04. The van der Waals surface area contributed by atoms with Crippen LogP contribution in [0.2, 0.25) is 0 Å². The zero-order chi connectivity index (χ0) is 22.4. The van der Waals surface area contributed by atoms with Gasteiger partial charge in [-0.05, 0) is 48.0 Å². The predicted octanol–water partition coefficient (Wildman–Crippen LogP) is 4.60. The number of ketones is 1. The van der Waals surface area contributed by atoms with E-state index in [9.17, 15) is 23.5 Å². The molecule has 0 saturated carbocycles. The molecule has 32 heavy (non-hydrogen) atoms. The van der Waals surface area contributed by atoms with Crippen molar-refractivity contribution >= 4 is 44.1 Å². The van der Waals surface area contributed by atoms with Gasteiger partial charge < -0.3 is 5.11 Å². The number of Topliss-reactive ketones (excluding diaryl/α,β-unsaturated/α-hetero) is 1. The number of nitrogens with zero attached hydrogens (tertiary/aromatic N) is 3. The van der Waals surface area contributed by atoms with Crippen LogP contribution in [0.25, 0.3) is 16.0 Å². The highest BCUT2D eigenvalue weighted by molar-refractivity contribution is 7.22. The van der Waals surface area contributed by atoms with Crippen molar-refractivity contribution in [2.75, 3.05) is 4.90 Å². The molecule has 3 heterocycles. The Hall–Kier alpha value is -3.98. The lowest BCUT2D eigenvalue weighted by Crippen LogP contribution is -2.29. The van der Waals surface area contributed by atoms with Gasteiger partial charge in [-0.3, -0.25) is 19.5 Å². The number of benzene rings is 2. The van der Waals surface area contributed by atoms with Gasteiger partial charge in [0.05, 0.1) is 21.8 Å². The van der Waals surface area contributed by atoms with Crippen LogP contribution in [0.15, 0.2) is 72.6 Å². The quantitative estimate of drug-likeness (QED) is 0.281. The third kappa shape index (κ3) is 3.23. The van der Waals surface area contributed by atoms with E-state index in [2.05, 4.69) is 9.97 Å². The molecule has 0 radical (unpaired) electrons. The lowest BCUT2D eigenvalue weighted by atomic mass is 9.96. The average Bonchev–Trinajstić information content (AvgIpc) is 3.32. The van der Waals surface area contributed by atoms with Gasteiger partial charge >= 0.3 is 5.91 Å². The maximum absolute atomic E-state index is 13.7. The van der Waals surface area contributed by atoms with Gasteiger partial charge in [0.25, 0.3) is 5.78 Å². The summed E-state index contributed by atoms with van der Waals surface area (Å²) in [6.45, 7) is 0. The van der Waals surface area contributed by atoms with Crippen LogP contribution in [0.1, 0.15) is 17.2 Å². The summed E-state index contributed by atoms with van der Waals surface area (Å²) in [6.07, 6.45) is 2.87. The number of carbonyl (C=O) groups is 2. The third-order valence-corrected chi connectivity index (χ3v) is 6.13. The standard InChI is InChI=1S/C23H13F2N3O3S/c24-14-5-3-12(4-6-14)19-18(20(29)13-2-1-9-26-11-13)21(30)22(31)28(19)23-27-16-8-7-15(25)10-17(16)32-23/h1-11,19,29H. The van der Waals surface area contributed by atoms with Crippen molar-refractivity contribution in [1.82, 2.24) is 9.97 Å². The van der Waals surface area contributed by atoms with Gasteiger partial charge in [-0.2, -0.15) is 0 Å². The number of rotatable bonds is 3. The number of aliphatic hydroxyl groups excluding tert-OH is 1. The van der Waals surface area contributed by atoms with Gasteiger partial charge in [0.15, 0.2) is 5.13 Å². The van der Waals surface area contributed by atoms with Gasteiger partial charge in [-0.1, -0.05) is 23.5 Å². The van der Waals surface area contributed by atoms with Crippen LogP contribution in [0, 0.1) is 11.6 Å². The first-order valence-corrected chi connectivity index (χ1v) is 10.3. The summed E-state index contributed by atoms with van der Waals surface area (Å²) in [5, 5.41) is 11.1. The van der Waals surface area contributed by atoms with E-state index in [4.69, 9.17) is 0 Å². The van der Waals surface area contributed by atoms with Crippen LogP contribution in [-0.2, 0) is 9.59 Å². The Morgan fingerprint density at radius 1 is 1.03 bits per heavy atom. The maximum atomic E-state index is 13.7. The number of pyridine rings is 1. The Kier molecular flexibility index (Phi) is 4.75. The van der Waals surface area contributed by atoms with E-state index in [-0.39, 0.29) is 16.3 Å². The van der Waals surface area contributed by atoms with Gasteiger partial charge in [-0.15, -0.1) is 0 Å². The van der Waals surface area contributed by atoms with Crippen molar-refractivity contribution in [3.8, 4) is 0 Å². The fraction of sp³-hybridized carbons (Fsp3) is 0.0435. The minimum atomic E-state index is -1.05. The Bertz CT molecular complexity index is 1400. The van der Waals surface area contributed by atoms with Crippen molar-refractivity contribution in [2.24, 2.45) is 0 Å². The predicted molar refractivity (Wildman–Crippen MR) is 115 cm³/mol. The van der Waals surface area contributed by atoms with Crippen LogP contribution in [0.4, 0.5) is 13.9 Å². The summed E-state index contributed by atoms with van der Waals surface area (Å²) in [4.78, 5) is 35.6. The first kappa shape index (κ1) is 20.0. The minimum Gasteiger partial charge on any atom is -0.507 e. The molecule has 1 fully saturated rings. The maximum Gasteiger partial charge on any atom is 0.301 e. The fourth-order valence-corrected chi connectivity index (χ4v) is 4.66. The number of halogens is 2. The van der Waals surface area contributed by atoms with Crippen molar-refractivity contribution in [3.63, 3.8) is 0 Å². The molecule has 0 spiro atoms. The molecule has 1 aliphatic heterocycles. The Morgan fingerprint density at radius 3 is 2.50 bits per heavy atom. The molecule has 1 saturated heterocycles. The zero-order valence-electron chi connectivity index (χ0n) is 16.2. The first-order valence-electron chi connectivity index (χ1n) is 9.47. The number of hydrogen-bond donors (Lipinski definition) is 1. The number of amides is 1. The number of aliphatic hydroxyl groups is 1. The van der Waals surface area contributed by atoms with E-state index in [1.165, 1.54) is 54.9 Å². The second-order valence-corrected chi connectivity index (χ2v) is 8.08. The molecule has 2 aromatic heterocycles. The van der Waals surface area contributed by atoms with E-state index < -0.39 is 35.1 Å². The molecule has 2 aromatic carbocycles. The first-order chi connectivity index (χ1) is 15.4. The molecule has 1 unspecified atom stereocenters. The largest absolute Gasteiger partial charge is 0.507 e. The Labute approximate surface area is 184 Å². The molecule has 0 bridgehead atoms. The second-order valence-electron chi connectivity index (χ2n) is 7.07. The van der Waals surface area contributed by atoms with Gasteiger partial charge in [0, 0.05) is 18.0 Å². The monoisotopic (exact) mass is 449 g/mol. The molecule has 9 heteroatoms. The summed E-state index contributed by atoms with van der Waals surface area (Å²) in [6, 6.07) is 11.4. The van der Waals surface area contributed by atoms with Crippen molar-refractivity contribution in [1.29, 1.82) is 0 Å². The SMILES string of the molecule is O=C1C(=O)N(c2nc3ccc(F)cc3s2)C(c2ccc(F)cc2)C1=C(O)c1cccnc1. The molecule has 1 amide bonds. The topological polar surface area (TPSA) is 83.4 Å². The van der Waals surface area contributed by atoms with Crippen molar-refractivity contribution in [3.05, 3.63) is 95.3 Å². The van der Waals surface area contributed by atoms with Gasteiger partial charge in [-0.25, -0.2) is 13.8 Å². The van der Waals surface area contributed by atoms with E-state index in [0.717, 1.165) is 16.2 Å². The van der Waals surface area contributed by atoms with Crippen molar-refractivity contribution in [2.45, 2.75) is 6.04 Å². The lowest BCUT2D eigenvalue weighted by Gasteiger charge is -2.22. The van der Waals surface area contributed by atoms with Crippen LogP contribution in [0.5, 0.6) is 0 Å². The van der Waals surface area contributed by atoms with E-state index in [1.54, 1.807) is 12.1 Å². The van der Waals surface area contributed by atoms with Crippen LogP contribution >= 0.6 is 11.3 Å². The van der Waals surface area contributed by atoms with Gasteiger partial charge in [0.1, 0.15) is 17.4 Å². The highest BCUT2D eigenvalue weighted by Gasteiger charge is 2.48. The molecule has 1 atom stereocenters. The normalized spacial score (nSPS) is 17.9. The third-order valence-electron chi connectivity index (χ3n) is 5.11. The molecular weight excluding hydrogens is 436 g/mol. The summed E-state index contributed by atoms with van der Waals surface area (Å²) in [5.41, 5.74) is 0.948. The van der Waals surface area contributed by atoms with E-state index in [1.807, 2.05) is 0 Å². The summed E-state index contributed by atoms with van der Waals surface area (Å²) in [5.74, 6) is -3.16. The Morgan fingerprint density at radius 2 is 1.78 bits per heavy atom. The molecule has 4 aromatic rings. The minimum absolute atomic E-state index is 0.160. The van der Waals surface area contributed by atoms with Gasteiger partial charge in [0.2, 0.25) is 0 Å². The van der Waals surface area contributed by atoms with Crippen LogP contribution in [-0.4, -0.2) is 26.8 Å². The second kappa shape index (κ2) is 7.61. The molecule has 0 aliphatic carbocycles. The smallest absolute Gasteiger partial charge is 0.301 e. The number of aromatic nitrogens is 2. The zero-order valence-corrected chi connectivity index (χ0v) is 17.0. The highest BCUT2D eigenvalue weighted by Crippen LogP contribution is 2.44. The molecule has 5 rings (SSSR count). The highest BCUT2D eigenvalue weighted by atomic mass is 32.1. The fourth-order valence-electron chi connectivity index (χ4n) is 3.64. The molecule has 6 nitrogen and oxygen atoms in total. The van der Waals surface area contributed by atoms with E-state index in [0.29, 0.717) is 15.8 Å². The number of carbonyl (C=O) groups excluding carboxylic acids is 2. The average molecular weight is 449 g/mol. The number of hydrogen-bond acceptors (Lipinski definition) is 6. The summed E-state index contributed by atoms with van der Waals surface area (Å²) in [7, 11) is 0.